The number of anilines is 1. The highest BCUT2D eigenvalue weighted by atomic mass is 19.3. The molecule has 130 valence electrons. The van der Waals surface area contributed by atoms with E-state index in [2.05, 4.69) is 0 Å². The van der Waals surface area contributed by atoms with E-state index in [0.717, 1.165) is 11.1 Å². The SMILES string of the molecule is CC.COC(=O)c1c(N2CCCC(F)(F)CC2)ccc(C)c1C. The summed E-state index contributed by atoms with van der Waals surface area (Å²) in [5.41, 5.74) is 3.01. The predicted octanol–water partition coefficient (Wildman–Crippen LogP) is 4.74. The van der Waals surface area contributed by atoms with E-state index in [-0.39, 0.29) is 19.4 Å². The Hall–Kier alpha value is -1.65. The highest BCUT2D eigenvalue weighted by Crippen LogP contribution is 2.33. The molecule has 1 fully saturated rings. The Kier molecular flexibility index (Phi) is 6.98. The third kappa shape index (κ3) is 4.66. The zero-order chi connectivity index (χ0) is 17.6. The largest absolute Gasteiger partial charge is 0.465 e. The number of benzene rings is 1. The number of carbonyl (C=O) groups excluding carboxylic acids is 1. The highest BCUT2D eigenvalue weighted by molar-refractivity contribution is 5.97. The molecule has 0 spiro atoms. The van der Waals surface area contributed by atoms with Crippen LogP contribution in [0.2, 0.25) is 0 Å². The fourth-order valence-electron chi connectivity index (χ4n) is 2.73. The Bertz CT molecular complexity index is 544. The number of carbonyl (C=O) groups is 1. The van der Waals surface area contributed by atoms with Gasteiger partial charge in [0.25, 0.3) is 0 Å². The number of alkyl halides is 2. The quantitative estimate of drug-likeness (QED) is 0.735. The van der Waals surface area contributed by atoms with Crippen LogP contribution in [-0.4, -0.2) is 32.1 Å². The molecule has 3 nitrogen and oxygen atoms in total. The lowest BCUT2D eigenvalue weighted by atomic mass is 10.0. The summed E-state index contributed by atoms with van der Waals surface area (Å²) >= 11 is 0. The lowest BCUT2D eigenvalue weighted by Crippen LogP contribution is -2.28. The van der Waals surface area contributed by atoms with E-state index in [4.69, 9.17) is 4.74 Å². The number of halogens is 2. The maximum absolute atomic E-state index is 13.5. The minimum atomic E-state index is -2.61. The average molecular weight is 327 g/mol. The second kappa shape index (κ2) is 8.27. The molecule has 23 heavy (non-hydrogen) atoms. The second-order valence-electron chi connectivity index (χ2n) is 5.59. The summed E-state index contributed by atoms with van der Waals surface area (Å²) in [6.07, 6.45) is 0.142. The van der Waals surface area contributed by atoms with Gasteiger partial charge in [-0.3, -0.25) is 0 Å². The first-order valence-electron chi connectivity index (χ1n) is 8.17. The lowest BCUT2D eigenvalue weighted by Gasteiger charge is -2.26. The number of rotatable bonds is 2. The minimum Gasteiger partial charge on any atom is -0.465 e. The van der Waals surface area contributed by atoms with Gasteiger partial charge < -0.3 is 9.64 Å². The van der Waals surface area contributed by atoms with Crippen LogP contribution in [0.3, 0.4) is 0 Å². The molecule has 0 N–H and O–H groups in total. The van der Waals surface area contributed by atoms with Crippen LogP contribution in [-0.2, 0) is 4.74 Å². The van der Waals surface area contributed by atoms with Crippen molar-refractivity contribution in [1.82, 2.24) is 0 Å². The summed E-state index contributed by atoms with van der Waals surface area (Å²) < 4.78 is 31.9. The first kappa shape index (κ1) is 19.4. The topological polar surface area (TPSA) is 29.5 Å². The number of nitrogens with zero attached hydrogens (tertiary/aromatic N) is 1. The van der Waals surface area contributed by atoms with Crippen LogP contribution in [0.5, 0.6) is 0 Å². The number of hydrogen-bond donors (Lipinski definition) is 0. The first-order chi connectivity index (χ1) is 10.9. The summed E-state index contributed by atoms with van der Waals surface area (Å²) in [4.78, 5) is 13.9. The molecular formula is C18H27F2NO2. The van der Waals surface area contributed by atoms with Crippen LogP contribution in [0.25, 0.3) is 0 Å². The van der Waals surface area contributed by atoms with E-state index in [0.29, 0.717) is 24.2 Å². The Morgan fingerprint density at radius 3 is 2.43 bits per heavy atom. The fourth-order valence-corrected chi connectivity index (χ4v) is 2.73. The zero-order valence-corrected chi connectivity index (χ0v) is 14.7. The molecule has 0 aromatic heterocycles. The van der Waals surface area contributed by atoms with Crippen LogP contribution in [0.15, 0.2) is 12.1 Å². The molecular weight excluding hydrogens is 300 g/mol. The van der Waals surface area contributed by atoms with Crippen LogP contribution in [0.1, 0.15) is 54.6 Å². The van der Waals surface area contributed by atoms with Gasteiger partial charge in [-0.25, -0.2) is 13.6 Å². The molecule has 0 aliphatic carbocycles. The number of esters is 1. The maximum Gasteiger partial charge on any atom is 0.340 e. The Balaban J connectivity index is 0.00000127. The van der Waals surface area contributed by atoms with Crippen LogP contribution in [0, 0.1) is 13.8 Å². The van der Waals surface area contributed by atoms with Gasteiger partial charge in [0.15, 0.2) is 0 Å². The van der Waals surface area contributed by atoms with Crippen molar-refractivity contribution in [3.8, 4) is 0 Å². The van der Waals surface area contributed by atoms with Crippen molar-refractivity contribution in [2.75, 3.05) is 25.1 Å². The minimum absolute atomic E-state index is 0.0953. The predicted molar refractivity (Wildman–Crippen MR) is 89.6 cm³/mol. The molecule has 0 radical (unpaired) electrons. The van der Waals surface area contributed by atoms with E-state index in [9.17, 15) is 13.6 Å². The molecule has 0 amide bonds. The van der Waals surface area contributed by atoms with Crippen molar-refractivity contribution in [1.29, 1.82) is 0 Å². The zero-order valence-electron chi connectivity index (χ0n) is 14.7. The van der Waals surface area contributed by atoms with Gasteiger partial charge in [0, 0.05) is 25.9 Å². The molecule has 0 unspecified atom stereocenters. The van der Waals surface area contributed by atoms with Gasteiger partial charge in [-0.2, -0.15) is 0 Å². The Morgan fingerprint density at radius 2 is 1.83 bits per heavy atom. The summed E-state index contributed by atoms with van der Waals surface area (Å²) in [6.45, 7) is 8.56. The normalized spacial score (nSPS) is 16.9. The van der Waals surface area contributed by atoms with Crippen LogP contribution in [0.4, 0.5) is 14.5 Å². The Morgan fingerprint density at radius 1 is 1.17 bits per heavy atom. The van der Waals surface area contributed by atoms with Gasteiger partial charge in [-0.15, -0.1) is 0 Å². The van der Waals surface area contributed by atoms with E-state index in [1.165, 1.54) is 7.11 Å². The van der Waals surface area contributed by atoms with Gasteiger partial charge in [0.05, 0.1) is 18.4 Å². The summed E-state index contributed by atoms with van der Waals surface area (Å²) in [5.74, 6) is -3.03. The molecule has 1 aliphatic heterocycles. The monoisotopic (exact) mass is 327 g/mol. The molecule has 1 aromatic carbocycles. The van der Waals surface area contributed by atoms with Gasteiger partial charge >= 0.3 is 5.97 Å². The van der Waals surface area contributed by atoms with E-state index >= 15 is 0 Å². The lowest BCUT2D eigenvalue weighted by molar-refractivity contribution is -0.0102. The molecule has 0 bridgehead atoms. The van der Waals surface area contributed by atoms with Crippen molar-refractivity contribution in [2.24, 2.45) is 0 Å². The molecule has 5 heteroatoms. The van der Waals surface area contributed by atoms with Crippen LogP contribution >= 0.6 is 0 Å². The smallest absolute Gasteiger partial charge is 0.340 e. The van der Waals surface area contributed by atoms with Gasteiger partial charge in [-0.05, 0) is 37.5 Å². The molecule has 0 atom stereocenters. The average Bonchev–Trinajstić information content (AvgIpc) is 2.72. The summed E-state index contributed by atoms with van der Waals surface area (Å²) in [5, 5.41) is 0. The number of ether oxygens (including phenoxy) is 1. The third-order valence-electron chi connectivity index (χ3n) is 4.16. The van der Waals surface area contributed by atoms with Crippen molar-refractivity contribution in [2.45, 2.75) is 52.9 Å². The van der Waals surface area contributed by atoms with Gasteiger partial charge in [0.1, 0.15) is 0 Å². The summed E-state index contributed by atoms with van der Waals surface area (Å²) in [7, 11) is 1.34. The Labute approximate surface area is 137 Å². The standard InChI is InChI=1S/C16H21F2NO2.C2H6/c1-11-5-6-13(14(12(11)2)15(20)21-3)19-9-4-7-16(17,18)8-10-19;1-2/h5-6H,4,7-10H2,1-3H3;1-2H3. The van der Waals surface area contributed by atoms with Crippen molar-refractivity contribution in [3.05, 3.63) is 28.8 Å². The van der Waals surface area contributed by atoms with Crippen LogP contribution < -0.4 is 4.90 Å². The van der Waals surface area contributed by atoms with E-state index in [1.807, 2.05) is 44.7 Å². The number of aryl methyl sites for hydroxylation is 1. The number of methoxy groups -OCH3 is 1. The molecule has 1 saturated heterocycles. The highest BCUT2D eigenvalue weighted by Gasteiger charge is 2.33. The summed E-state index contributed by atoms with van der Waals surface area (Å²) in [6, 6.07) is 3.75. The first-order valence-corrected chi connectivity index (χ1v) is 8.17. The van der Waals surface area contributed by atoms with E-state index < -0.39 is 11.9 Å². The number of hydrogen-bond acceptors (Lipinski definition) is 3. The van der Waals surface area contributed by atoms with Crippen molar-refractivity contribution < 1.29 is 18.3 Å². The molecule has 0 saturated carbocycles. The third-order valence-corrected chi connectivity index (χ3v) is 4.16. The maximum atomic E-state index is 13.5. The second-order valence-corrected chi connectivity index (χ2v) is 5.59. The fraction of sp³-hybridized carbons (Fsp3) is 0.611. The van der Waals surface area contributed by atoms with Crippen molar-refractivity contribution in [3.63, 3.8) is 0 Å². The molecule has 1 aromatic rings. The van der Waals surface area contributed by atoms with E-state index in [1.54, 1.807) is 0 Å². The van der Waals surface area contributed by atoms with Gasteiger partial charge in [0.2, 0.25) is 5.92 Å². The molecule has 2 rings (SSSR count). The van der Waals surface area contributed by atoms with Gasteiger partial charge in [-0.1, -0.05) is 19.9 Å². The molecule has 1 aliphatic rings. The molecule has 1 heterocycles. The van der Waals surface area contributed by atoms with Crippen molar-refractivity contribution >= 4 is 11.7 Å².